The second-order valence-electron chi connectivity index (χ2n) is 2.80. The Kier molecular flexibility index (Phi) is 2.59. The van der Waals surface area contributed by atoms with Crippen molar-refractivity contribution in [3.05, 3.63) is 40.5 Å². The lowest BCUT2D eigenvalue weighted by atomic mass is 10.3. The largest absolute Gasteiger partial charge is 0.442 e. The van der Waals surface area contributed by atoms with Gasteiger partial charge in [0, 0.05) is 12.1 Å². The Hall–Kier alpha value is -1.56. The summed E-state index contributed by atoms with van der Waals surface area (Å²) in [6.45, 7) is 0. The fraction of sp³-hybridized carbons (Fsp3) is 0.111. The molecule has 0 saturated carbocycles. The summed E-state index contributed by atoms with van der Waals surface area (Å²) in [7, 11) is 0. The molecule has 0 atom stereocenters. The number of aromatic nitrogens is 2. The number of nitrogens with one attached hydrogen (secondary N) is 1. The zero-order chi connectivity index (χ0) is 10.8. The van der Waals surface area contributed by atoms with Crippen molar-refractivity contribution in [2.75, 3.05) is 6.26 Å². The molecule has 1 aromatic carbocycles. The predicted octanol–water partition coefficient (Wildman–Crippen LogP) is 1.11. The van der Waals surface area contributed by atoms with Gasteiger partial charge in [0.2, 0.25) is 5.69 Å². The molecule has 1 aromatic heterocycles. The van der Waals surface area contributed by atoms with Crippen LogP contribution in [-0.4, -0.2) is 11.5 Å². The van der Waals surface area contributed by atoms with Crippen LogP contribution in [0.15, 0.2) is 38.6 Å². The molecule has 78 valence electrons. The van der Waals surface area contributed by atoms with E-state index in [4.69, 9.17) is 0 Å². The Labute approximate surface area is 88.7 Å². The maximum absolute atomic E-state index is 12.7. The minimum atomic E-state index is -0.438. The summed E-state index contributed by atoms with van der Waals surface area (Å²) < 4.78 is 18.8. The molecular formula is C9H8FN2O2S+. The Morgan fingerprint density at radius 2 is 2.07 bits per heavy atom. The molecule has 2 aromatic rings. The molecule has 2 rings (SSSR count). The molecule has 0 saturated heterocycles. The van der Waals surface area contributed by atoms with Crippen LogP contribution in [0, 0.1) is 5.82 Å². The lowest BCUT2D eigenvalue weighted by Crippen LogP contribution is -2.35. The van der Waals surface area contributed by atoms with Crippen molar-refractivity contribution in [3.8, 4) is 5.69 Å². The van der Waals surface area contributed by atoms with Gasteiger partial charge in [-0.2, -0.15) is 0 Å². The van der Waals surface area contributed by atoms with Crippen LogP contribution in [0.1, 0.15) is 0 Å². The quantitative estimate of drug-likeness (QED) is 0.617. The SMILES string of the molecule is CSc1c(=O)o[nH][n+]1-c1ccc(F)cc1. The van der Waals surface area contributed by atoms with E-state index in [-0.39, 0.29) is 5.82 Å². The van der Waals surface area contributed by atoms with Gasteiger partial charge < -0.3 is 0 Å². The molecule has 1 heterocycles. The average Bonchev–Trinajstić information content (AvgIpc) is 2.61. The molecule has 0 aliphatic heterocycles. The lowest BCUT2D eigenvalue weighted by molar-refractivity contribution is -0.704. The topological polar surface area (TPSA) is 49.9 Å². The van der Waals surface area contributed by atoms with E-state index in [1.807, 2.05) is 0 Å². The number of benzene rings is 1. The Morgan fingerprint density at radius 3 is 2.67 bits per heavy atom. The maximum Gasteiger partial charge on any atom is 0.442 e. The fourth-order valence-corrected chi connectivity index (χ4v) is 1.73. The first-order chi connectivity index (χ1) is 7.22. The van der Waals surface area contributed by atoms with Crippen LogP contribution in [0.5, 0.6) is 0 Å². The molecule has 0 spiro atoms. The summed E-state index contributed by atoms with van der Waals surface area (Å²) in [6.07, 6.45) is 1.76. The second kappa shape index (κ2) is 3.90. The van der Waals surface area contributed by atoms with Crippen LogP contribution >= 0.6 is 11.8 Å². The van der Waals surface area contributed by atoms with Gasteiger partial charge in [-0.15, -0.1) is 0 Å². The number of H-pyrrole nitrogens is 1. The first-order valence-corrected chi connectivity index (χ1v) is 5.38. The minimum Gasteiger partial charge on any atom is -0.282 e. The first-order valence-electron chi connectivity index (χ1n) is 4.16. The summed E-state index contributed by atoms with van der Waals surface area (Å²) in [5.41, 5.74) is 0.207. The molecule has 0 fully saturated rings. The molecule has 0 aliphatic rings. The van der Waals surface area contributed by atoms with Crippen LogP contribution in [0.25, 0.3) is 5.69 Å². The van der Waals surface area contributed by atoms with Crippen molar-refractivity contribution in [2.45, 2.75) is 5.03 Å². The molecule has 4 nitrogen and oxygen atoms in total. The Balaban J connectivity index is 2.54. The van der Waals surface area contributed by atoms with Crippen molar-refractivity contribution in [2.24, 2.45) is 0 Å². The highest BCUT2D eigenvalue weighted by molar-refractivity contribution is 7.98. The average molecular weight is 227 g/mol. The normalized spacial score (nSPS) is 10.5. The second-order valence-corrected chi connectivity index (χ2v) is 3.60. The summed E-state index contributed by atoms with van der Waals surface area (Å²) in [6, 6.07) is 5.75. The van der Waals surface area contributed by atoms with E-state index in [2.05, 4.69) is 9.79 Å². The van der Waals surface area contributed by atoms with E-state index in [0.29, 0.717) is 10.7 Å². The minimum absolute atomic E-state index is 0.323. The molecule has 0 bridgehead atoms. The zero-order valence-electron chi connectivity index (χ0n) is 7.86. The van der Waals surface area contributed by atoms with Crippen molar-refractivity contribution < 1.29 is 13.6 Å². The van der Waals surface area contributed by atoms with E-state index in [0.717, 1.165) is 0 Å². The van der Waals surface area contributed by atoms with Crippen LogP contribution in [0.4, 0.5) is 4.39 Å². The zero-order valence-corrected chi connectivity index (χ0v) is 8.68. The third-order valence-corrected chi connectivity index (χ3v) is 2.62. The number of hydrogen-bond donors (Lipinski definition) is 1. The number of halogens is 1. The first kappa shape index (κ1) is 9.97. The summed E-state index contributed by atoms with van der Waals surface area (Å²) in [5.74, 6) is -0.323. The number of nitrogens with zero attached hydrogens (tertiary/aromatic N) is 1. The molecule has 0 unspecified atom stereocenters. The van der Waals surface area contributed by atoms with E-state index in [1.165, 1.54) is 28.6 Å². The lowest BCUT2D eigenvalue weighted by Gasteiger charge is -1.90. The smallest absolute Gasteiger partial charge is 0.282 e. The third-order valence-electron chi connectivity index (χ3n) is 1.89. The van der Waals surface area contributed by atoms with Crippen molar-refractivity contribution >= 4 is 11.8 Å². The number of hydrogen-bond acceptors (Lipinski definition) is 3. The standard InChI is InChI=1S/C9H7FN2O2S/c1-15-8-9(13)14-11-12(8)7-4-2-6(10)3-5-7/h2-5H,1H3/p+1. The summed E-state index contributed by atoms with van der Waals surface area (Å²) in [4.78, 5) is 11.2. The van der Waals surface area contributed by atoms with Crippen molar-refractivity contribution in [1.82, 2.24) is 5.27 Å². The molecular weight excluding hydrogens is 219 g/mol. The van der Waals surface area contributed by atoms with Gasteiger partial charge in [0.15, 0.2) is 0 Å². The van der Waals surface area contributed by atoms with Gasteiger partial charge in [-0.25, -0.2) is 9.18 Å². The predicted molar refractivity (Wildman–Crippen MR) is 52.6 cm³/mol. The highest BCUT2D eigenvalue weighted by Gasteiger charge is 2.21. The van der Waals surface area contributed by atoms with E-state index < -0.39 is 5.63 Å². The van der Waals surface area contributed by atoms with Gasteiger partial charge in [-0.1, -0.05) is 0 Å². The van der Waals surface area contributed by atoms with Crippen molar-refractivity contribution in [3.63, 3.8) is 0 Å². The highest BCUT2D eigenvalue weighted by Crippen LogP contribution is 2.07. The van der Waals surface area contributed by atoms with Crippen LogP contribution in [-0.2, 0) is 0 Å². The number of rotatable bonds is 2. The summed E-state index contributed by atoms with van der Waals surface area (Å²) in [5, 5.41) is 2.86. The molecule has 1 N–H and O–H groups in total. The van der Waals surface area contributed by atoms with Gasteiger partial charge in [-0.05, 0) is 40.1 Å². The fourth-order valence-electron chi connectivity index (χ4n) is 1.20. The van der Waals surface area contributed by atoms with E-state index in [9.17, 15) is 9.18 Å². The summed E-state index contributed by atoms with van der Waals surface area (Å²) >= 11 is 1.26. The third kappa shape index (κ3) is 1.80. The molecule has 6 heteroatoms. The molecule has 15 heavy (non-hydrogen) atoms. The Bertz CT molecular complexity index is 518. The van der Waals surface area contributed by atoms with Gasteiger partial charge in [0.25, 0.3) is 0 Å². The van der Waals surface area contributed by atoms with Crippen molar-refractivity contribution in [1.29, 1.82) is 0 Å². The Morgan fingerprint density at radius 1 is 1.40 bits per heavy atom. The van der Waals surface area contributed by atoms with E-state index >= 15 is 0 Å². The molecule has 0 radical (unpaired) electrons. The highest BCUT2D eigenvalue weighted by atomic mass is 32.2. The van der Waals surface area contributed by atoms with Gasteiger partial charge in [0.1, 0.15) is 5.82 Å². The van der Waals surface area contributed by atoms with Crippen LogP contribution in [0.3, 0.4) is 0 Å². The number of thioether (sulfide) groups is 1. The molecule has 0 amide bonds. The van der Waals surface area contributed by atoms with E-state index in [1.54, 1.807) is 18.4 Å². The van der Waals surface area contributed by atoms with Gasteiger partial charge in [0.05, 0.1) is 0 Å². The maximum atomic E-state index is 12.7. The van der Waals surface area contributed by atoms with Gasteiger partial charge >= 0.3 is 10.7 Å². The number of aromatic amines is 1. The monoisotopic (exact) mass is 227 g/mol. The van der Waals surface area contributed by atoms with Crippen LogP contribution < -0.4 is 10.3 Å². The van der Waals surface area contributed by atoms with Gasteiger partial charge in [-0.3, -0.25) is 4.52 Å². The molecule has 0 aliphatic carbocycles. The van der Waals surface area contributed by atoms with Crippen LogP contribution in [0.2, 0.25) is 0 Å².